The van der Waals surface area contributed by atoms with Crippen LogP contribution in [0.5, 0.6) is 0 Å². The van der Waals surface area contributed by atoms with Crippen molar-refractivity contribution in [3.63, 3.8) is 0 Å². The minimum absolute atomic E-state index is 0.00493. The Bertz CT molecular complexity index is 1620. The summed E-state index contributed by atoms with van der Waals surface area (Å²) in [6, 6.07) is 11.4. The fraction of sp³-hybridized carbons (Fsp3) is 0.355. The molecule has 0 spiro atoms. The van der Waals surface area contributed by atoms with E-state index in [-0.39, 0.29) is 54.4 Å². The van der Waals surface area contributed by atoms with E-state index in [9.17, 15) is 20.2 Å². The molecule has 226 valence electrons. The number of hydroxylamine groups is 5. The number of rotatable bonds is 10. The Hall–Kier alpha value is -3.09. The second kappa shape index (κ2) is 11.1. The minimum Gasteiger partial charge on any atom is -0.627 e. The van der Waals surface area contributed by atoms with Crippen molar-refractivity contribution in [2.24, 2.45) is 12.5 Å². The quantitative estimate of drug-likeness (QED) is 0.184. The number of aryl methyl sites for hydroxylation is 1. The van der Waals surface area contributed by atoms with Gasteiger partial charge in [0, 0.05) is 41.2 Å². The van der Waals surface area contributed by atoms with Crippen molar-refractivity contribution in [1.82, 2.24) is 14.8 Å². The van der Waals surface area contributed by atoms with Gasteiger partial charge in [-0.1, -0.05) is 41.4 Å². The molecule has 3 heterocycles. The third kappa shape index (κ3) is 5.53. The molecule has 6 rings (SSSR count). The van der Waals surface area contributed by atoms with Crippen LogP contribution in [-0.2, 0) is 30.6 Å². The van der Waals surface area contributed by atoms with Gasteiger partial charge in [0.1, 0.15) is 25.4 Å². The number of aliphatic hydroxyl groups excluding tert-OH is 2. The highest BCUT2D eigenvalue weighted by atomic mass is 35.5. The van der Waals surface area contributed by atoms with Crippen molar-refractivity contribution in [3.8, 4) is 11.1 Å². The highest BCUT2D eigenvalue weighted by molar-refractivity contribution is 6.31. The van der Waals surface area contributed by atoms with Gasteiger partial charge in [0.25, 0.3) is 11.7 Å². The number of carbonyl (C=O) groups excluding carboxylic acids is 1. The Labute approximate surface area is 258 Å². The Balaban J connectivity index is 1.52. The van der Waals surface area contributed by atoms with Crippen LogP contribution in [0.1, 0.15) is 40.0 Å². The predicted molar refractivity (Wildman–Crippen MR) is 159 cm³/mol. The third-order valence-electron chi connectivity index (χ3n) is 8.38. The van der Waals surface area contributed by atoms with E-state index in [0.717, 1.165) is 0 Å². The third-order valence-corrected chi connectivity index (χ3v) is 8.85. The molecule has 3 aromatic rings. The highest BCUT2D eigenvalue weighted by Crippen LogP contribution is 2.52. The number of aliphatic hydroxyl groups is 2. The number of benzene rings is 2. The van der Waals surface area contributed by atoms with Crippen molar-refractivity contribution in [2.75, 3.05) is 19.8 Å². The molecule has 0 radical (unpaired) electrons. The number of quaternary nitrogens is 1. The molecule has 2 unspecified atom stereocenters. The molecule has 2 aliphatic heterocycles. The average Bonchev–Trinajstić information content (AvgIpc) is 3.58. The molecule has 3 atom stereocenters. The number of hydrogen-bond donors (Lipinski definition) is 2. The SMILES string of the molecule is Cn1ccc(CC(O)[C@]2(F)c3c(ccc(C[N+]4([O-])C=C(Cl)C=CC4)c3-c3ccc(Cl)cc3)C(=O)N2OCC2(CO)CC2)n1. The molecule has 1 fully saturated rings. The summed E-state index contributed by atoms with van der Waals surface area (Å²) >= 11 is 12.4. The maximum atomic E-state index is 18.0. The van der Waals surface area contributed by atoms with E-state index < -0.39 is 27.9 Å². The second-order valence-corrected chi connectivity index (χ2v) is 12.5. The van der Waals surface area contributed by atoms with E-state index in [4.69, 9.17) is 28.0 Å². The molecular formula is C31H31Cl2FN4O5. The lowest BCUT2D eigenvalue weighted by atomic mass is 9.85. The molecule has 9 nitrogen and oxygen atoms in total. The van der Waals surface area contributed by atoms with Crippen LogP contribution < -0.4 is 0 Å². The van der Waals surface area contributed by atoms with Crippen LogP contribution in [0.3, 0.4) is 0 Å². The van der Waals surface area contributed by atoms with Gasteiger partial charge in [-0.15, -0.1) is 0 Å². The van der Waals surface area contributed by atoms with Gasteiger partial charge >= 0.3 is 0 Å². The van der Waals surface area contributed by atoms with E-state index in [1.54, 1.807) is 61.8 Å². The van der Waals surface area contributed by atoms with Gasteiger partial charge < -0.3 is 20.1 Å². The maximum Gasteiger partial charge on any atom is 0.281 e. The molecule has 12 heteroatoms. The highest BCUT2D eigenvalue weighted by Gasteiger charge is 2.59. The first-order valence-electron chi connectivity index (χ1n) is 14.0. The Morgan fingerprint density at radius 1 is 1.19 bits per heavy atom. The lowest BCUT2D eigenvalue weighted by Crippen LogP contribution is -2.50. The van der Waals surface area contributed by atoms with E-state index in [2.05, 4.69) is 5.10 Å². The van der Waals surface area contributed by atoms with Gasteiger partial charge in [-0.3, -0.25) is 14.3 Å². The van der Waals surface area contributed by atoms with E-state index in [1.807, 2.05) is 0 Å². The standard InChI is InChI=1S/C31H31Cl2FN4O5/c1-36-13-10-24(35-36)15-26(40)31(34)28-25(29(41)37(31)43-19-30(18-39)11-12-30)9-6-21(16-38(42)14-2-3-23(33)17-38)27(28)20-4-7-22(32)8-5-20/h2-10,13,17,26,39-40H,11-12,14-16,18-19H2,1H3/t26?,31-,38?/m1/s1. The topological polar surface area (TPSA) is 111 Å². The molecule has 2 aromatic carbocycles. The lowest BCUT2D eigenvalue weighted by molar-refractivity contribution is -0.837. The number of nitrogens with zero attached hydrogens (tertiary/aromatic N) is 4. The van der Waals surface area contributed by atoms with Crippen molar-refractivity contribution < 1.29 is 28.9 Å². The summed E-state index contributed by atoms with van der Waals surface area (Å²) in [5.41, 5.74) is 0.961. The molecule has 1 amide bonds. The van der Waals surface area contributed by atoms with Gasteiger partial charge in [-0.05, 0) is 60.4 Å². The van der Waals surface area contributed by atoms with Gasteiger partial charge in [0.2, 0.25) is 0 Å². The maximum absolute atomic E-state index is 18.0. The first-order valence-corrected chi connectivity index (χ1v) is 14.7. The van der Waals surface area contributed by atoms with E-state index in [0.29, 0.717) is 39.7 Å². The van der Waals surface area contributed by atoms with Crippen LogP contribution in [0.15, 0.2) is 72.0 Å². The van der Waals surface area contributed by atoms with Crippen molar-refractivity contribution in [1.29, 1.82) is 0 Å². The van der Waals surface area contributed by atoms with Crippen LogP contribution in [0, 0.1) is 10.6 Å². The van der Waals surface area contributed by atoms with Crippen LogP contribution in [-0.4, -0.2) is 61.5 Å². The molecule has 1 aromatic heterocycles. The zero-order chi connectivity index (χ0) is 30.6. The van der Waals surface area contributed by atoms with Crippen molar-refractivity contribution >= 4 is 29.1 Å². The number of carbonyl (C=O) groups is 1. The number of hydrogen-bond acceptors (Lipinski definition) is 6. The van der Waals surface area contributed by atoms with Crippen LogP contribution in [0.4, 0.5) is 4.39 Å². The van der Waals surface area contributed by atoms with Gasteiger partial charge in [-0.2, -0.15) is 10.2 Å². The van der Waals surface area contributed by atoms with E-state index in [1.165, 1.54) is 16.9 Å². The van der Waals surface area contributed by atoms with Crippen LogP contribution in [0.25, 0.3) is 11.1 Å². The smallest absolute Gasteiger partial charge is 0.281 e. The molecule has 0 bridgehead atoms. The molecule has 0 saturated heterocycles. The Morgan fingerprint density at radius 2 is 1.93 bits per heavy atom. The number of amides is 1. The molecular weight excluding hydrogens is 598 g/mol. The molecule has 1 saturated carbocycles. The predicted octanol–water partition coefficient (Wildman–Crippen LogP) is 5.09. The fourth-order valence-corrected chi connectivity index (χ4v) is 6.17. The molecule has 1 aliphatic carbocycles. The summed E-state index contributed by atoms with van der Waals surface area (Å²) in [7, 11) is 1.71. The molecule has 2 N–H and O–H groups in total. The number of halogens is 3. The zero-order valence-corrected chi connectivity index (χ0v) is 24.9. The average molecular weight is 630 g/mol. The normalized spacial score (nSPS) is 24.7. The van der Waals surface area contributed by atoms with Gasteiger partial charge in [0.05, 0.1) is 29.5 Å². The number of alkyl halides is 1. The summed E-state index contributed by atoms with van der Waals surface area (Å²) in [6.07, 6.45) is 5.67. The largest absolute Gasteiger partial charge is 0.627 e. The fourth-order valence-electron chi connectivity index (χ4n) is 5.77. The Morgan fingerprint density at radius 3 is 2.56 bits per heavy atom. The summed E-state index contributed by atoms with van der Waals surface area (Å²) in [5, 5.41) is 40.9. The first kappa shape index (κ1) is 30.0. The second-order valence-electron chi connectivity index (χ2n) is 11.6. The monoisotopic (exact) mass is 628 g/mol. The van der Waals surface area contributed by atoms with Crippen molar-refractivity contribution in [3.05, 3.63) is 105 Å². The van der Waals surface area contributed by atoms with Crippen molar-refractivity contribution in [2.45, 2.75) is 37.7 Å². The Kier molecular flexibility index (Phi) is 7.75. The van der Waals surface area contributed by atoms with E-state index >= 15 is 4.39 Å². The van der Waals surface area contributed by atoms with Crippen LogP contribution in [0.2, 0.25) is 5.02 Å². The molecule has 3 aliphatic rings. The summed E-state index contributed by atoms with van der Waals surface area (Å²) in [4.78, 5) is 19.8. The molecule has 43 heavy (non-hydrogen) atoms. The number of fused-ring (bicyclic) bond motifs is 1. The van der Waals surface area contributed by atoms with Gasteiger partial charge in [-0.25, -0.2) is 4.39 Å². The first-order chi connectivity index (χ1) is 20.5. The number of allylic oxidation sites excluding steroid dienone is 2. The number of aromatic nitrogens is 2. The summed E-state index contributed by atoms with van der Waals surface area (Å²) in [6.45, 7) is -0.300. The summed E-state index contributed by atoms with van der Waals surface area (Å²) < 4.78 is 18.7. The van der Waals surface area contributed by atoms with Crippen LogP contribution >= 0.6 is 23.2 Å². The lowest BCUT2D eigenvalue weighted by Gasteiger charge is -2.41. The zero-order valence-electron chi connectivity index (χ0n) is 23.4. The summed E-state index contributed by atoms with van der Waals surface area (Å²) in [5.74, 6) is -3.65. The minimum atomic E-state index is -2.87. The van der Waals surface area contributed by atoms with Gasteiger partial charge in [0.15, 0.2) is 0 Å².